The third-order valence-electron chi connectivity index (χ3n) is 4.08. The number of amides is 1. The summed E-state index contributed by atoms with van der Waals surface area (Å²) in [7, 11) is 0. The van der Waals surface area contributed by atoms with Crippen LogP contribution in [-0.2, 0) is 6.18 Å². The third kappa shape index (κ3) is 4.04. The molecule has 1 aromatic carbocycles. The summed E-state index contributed by atoms with van der Waals surface area (Å²) >= 11 is 5.71. The van der Waals surface area contributed by atoms with Crippen LogP contribution in [0.2, 0.25) is 5.15 Å². The summed E-state index contributed by atoms with van der Waals surface area (Å²) in [5.41, 5.74) is 0.280. The van der Waals surface area contributed by atoms with Crippen LogP contribution in [-0.4, -0.2) is 42.0 Å². The van der Waals surface area contributed by atoms with Crippen LogP contribution in [0.15, 0.2) is 42.6 Å². The fourth-order valence-corrected chi connectivity index (χ4v) is 2.84. The molecule has 3 rings (SSSR count). The van der Waals surface area contributed by atoms with Crippen molar-refractivity contribution in [3.05, 3.63) is 58.9 Å². The van der Waals surface area contributed by atoms with Gasteiger partial charge in [0.15, 0.2) is 0 Å². The molecule has 1 aliphatic rings. The molecule has 0 saturated carbocycles. The molecule has 25 heavy (non-hydrogen) atoms. The third-order valence-corrected chi connectivity index (χ3v) is 4.30. The first kappa shape index (κ1) is 17.5. The second-order valence-electron chi connectivity index (χ2n) is 5.70. The second-order valence-corrected chi connectivity index (χ2v) is 6.08. The molecule has 2 heterocycles. The lowest BCUT2D eigenvalue weighted by Gasteiger charge is -2.36. The molecule has 1 fully saturated rings. The van der Waals surface area contributed by atoms with Gasteiger partial charge in [0, 0.05) is 38.1 Å². The average molecular weight is 370 g/mol. The molecule has 1 aromatic heterocycles. The summed E-state index contributed by atoms with van der Waals surface area (Å²) in [5.74, 6) is -0.159. The zero-order valence-electron chi connectivity index (χ0n) is 13.1. The Hall–Kier alpha value is -2.28. The van der Waals surface area contributed by atoms with E-state index >= 15 is 0 Å². The highest BCUT2D eigenvalue weighted by atomic mass is 35.5. The number of nitrogens with zero attached hydrogens (tertiary/aromatic N) is 3. The minimum Gasteiger partial charge on any atom is -0.368 e. The highest BCUT2D eigenvalue weighted by molar-refractivity contribution is 6.29. The van der Waals surface area contributed by atoms with E-state index in [0.29, 0.717) is 42.6 Å². The first-order valence-electron chi connectivity index (χ1n) is 7.67. The first-order valence-corrected chi connectivity index (χ1v) is 8.05. The Bertz CT molecular complexity index is 756. The number of benzene rings is 1. The quantitative estimate of drug-likeness (QED) is 0.757. The van der Waals surface area contributed by atoms with Crippen LogP contribution in [0.4, 0.5) is 18.9 Å². The fourth-order valence-electron chi connectivity index (χ4n) is 2.73. The maximum atomic E-state index is 12.8. The number of hydrogen-bond donors (Lipinski definition) is 0. The summed E-state index contributed by atoms with van der Waals surface area (Å²) < 4.78 is 38.5. The predicted octanol–water partition coefficient (Wildman–Crippen LogP) is 3.72. The largest absolute Gasteiger partial charge is 0.416 e. The average Bonchev–Trinajstić information content (AvgIpc) is 2.61. The van der Waals surface area contributed by atoms with Gasteiger partial charge in [0.1, 0.15) is 5.15 Å². The summed E-state index contributed by atoms with van der Waals surface area (Å²) in [5, 5.41) is 0.311. The lowest BCUT2D eigenvalue weighted by molar-refractivity contribution is -0.137. The van der Waals surface area contributed by atoms with Gasteiger partial charge >= 0.3 is 6.18 Å². The second kappa shape index (κ2) is 6.92. The normalized spacial score (nSPS) is 15.4. The molecule has 8 heteroatoms. The molecular weight excluding hydrogens is 355 g/mol. The van der Waals surface area contributed by atoms with Crippen molar-refractivity contribution in [2.24, 2.45) is 0 Å². The summed E-state index contributed by atoms with van der Waals surface area (Å²) in [6.07, 6.45) is -2.95. The molecule has 1 aliphatic heterocycles. The molecule has 0 atom stereocenters. The number of hydrogen-bond acceptors (Lipinski definition) is 3. The van der Waals surface area contributed by atoms with E-state index in [1.165, 1.54) is 12.3 Å². The van der Waals surface area contributed by atoms with Crippen LogP contribution in [0.5, 0.6) is 0 Å². The molecule has 0 spiro atoms. The number of anilines is 1. The first-order chi connectivity index (χ1) is 11.8. The molecule has 1 saturated heterocycles. The van der Waals surface area contributed by atoms with Crippen LogP contribution >= 0.6 is 11.6 Å². The van der Waals surface area contributed by atoms with Gasteiger partial charge in [-0.05, 0) is 30.3 Å². The molecule has 0 bridgehead atoms. The molecule has 4 nitrogen and oxygen atoms in total. The Morgan fingerprint density at radius 3 is 2.40 bits per heavy atom. The van der Waals surface area contributed by atoms with Crippen molar-refractivity contribution in [1.29, 1.82) is 0 Å². The topological polar surface area (TPSA) is 36.4 Å². The minimum atomic E-state index is -4.37. The number of halogens is 4. The number of alkyl halides is 3. The van der Waals surface area contributed by atoms with Crippen molar-refractivity contribution >= 4 is 23.2 Å². The van der Waals surface area contributed by atoms with Crippen molar-refractivity contribution in [3.63, 3.8) is 0 Å². The lowest BCUT2D eigenvalue weighted by Crippen LogP contribution is -2.48. The van der Waals surface area contributed by atoms with Gasteiger partial charge in [0.25, 0.3) is 5.91 Å². The SMILES string of the molecule is O=C(c1ccc(Cl)nc1)N1CCN(c2cccc(C(F)(F)F)c2)CC1. The van der Waals surface area contributed by atoms with Gasteiger partial charge in [-0.2, -0.15) is 13.2 Å². The standard InChI is InChI=1S/C17H15ClF3N3O/c18-15-5-4-12(11-22-15)16(25)24-8-6-23(7-9-24)14-3-1-2-13(10-14)17(19,20)21/h1-5,10-11H,6-9H2. The number of pyridine rings is 1. The maximum absolute atomic E-state index is 12.8. The highest BCUT2D eigenvalue weighted by Crippen LogP contribution is 2.31. The van der Waals surface area contributed by atoms with Gasteiger partial charge in [0.2, 0.25) is 0 Å². The van der Waals surface area contributed by atoms with E-state index in [0.717, 1.165) is 12.1 Å². The van der Waals surface area contributed by atoms with Gasteiger partial charge in [-0.3, -0.25) is 4.79 Å². The van der Waals surface area contributed by atoms with Crippen LogP contribution in [0.1, 0.15) is 15.9 Å². The molecule has 132 valence electrons. The Morgan fingerprint density at radius 1 is 1.08 bits per heavy atom. The van der Waals surface area contributed by atoms with Crippen LogP contribution in [0.25, 0.3) is 0 Å². The van der Waals surface area contributed by atoms with Crippen molar-refractivity contribution in [2.75, 3.05) is 31.1 Å². The smallest absolute Gasteiger partial charge is 0.368 e. The van der Waals surface area contributed by atoms with Gasteiger partial charge in [-0.1, -0.05) is 17.7 Å². The summed E-state index contributed by atoms with van der Waals surface area (Å²) in [4.78, 5) is 19.8. The van der Waals surface area contributed by atoms with E-state index < -0.39 is 11.7 Å². The van der Waals surface area contributed by atoms with Gasteiger partial charge in [0.05, 0.1) is 11.1 Å². The molecular formula is C17H15ClF3N3O. The van der Waals surface area contributed by atoms with Gasteiger partial charge < -0.3 is 9.80 Å². The van der Waals surface area contributed by atoms with E-state index in [1.807, 2.05) is 4.90 Å². The highest BCUT2D eigenvalue weighted by Gasteiger charge is 2.31. The number of piperazine rings is 1. The number of carbonyl (C=O) groups is 1. The van der Waals surface area contributed by atoms with Gasteiger partial charge in [-0.25, -0.2) is 4.98 Å². The Balaban J connectivity index is 1.66. The molecule has 0 radical (unpaired) electrons. The zero-order valence-corrected chi connectivity index (χ0v) is 13.9. The monoisotopic (exact) mass is 369 g/mol. The molecule has 1 amide bonds. The maximum Gasteiger partial charge on any atom is 0.416 e. The van der Waals surface area contributed by atoms with Gasteiger partial charge in [-0.15, -0.1) is 0 Å². The van der Waals surface area contributed by atoms with Crippen LogP contribution in [0.3, 0.4) is 0 Å². The number of rotatable bonds is 2. The molecule has 0 N–H and O–H groups in total. The summed E-state index contributed by atoms with van der Waals surface area (Å²) in [6.45, 7) is 1.79. The zero-order chi connectivity index (χ0) is 18.0. The summed E-state index contributed by atoms with van der Waals surface area (Å²) in [6, 6.07) is 8.40. The van der Waals surface area contributed by atoms with Crippen molar-refractivity contribution in [1.82, 2.24) is 9.88 Å². The van der Waals surface area contributed by atoms with E-state index in [1.54, 1.807) is 23.1 Å². The number of aromatic nitrogens is 1. The minimum absolute atomic E-state index is 0.159. The Kier molecular flexibility index (Phi) is 4.85. The van der Waals surface area contributed by atoms with E-state index in [-0.39, 0.29) is 5.91 Å². The molecule has 0 unspecified atom stereocenters. The van der Waals surface area contributed by atoms with Crippen molar-refractivity contribution in [3.8, 4) is 0 Å². The number of carbonyl (C=O) groups excluding carboxylic acids is 1. The van der Waals surface area contributed by atoms with E-state index in [4.69, 9.17) is 11.6 Å². The predicted molar refractivity (Wildman–Crippen MR) is 88.8 cm³/mol. The van der Waals surface area contributed by atoms with Crippen LogP contribution in [0, 0.1) is 0 Å². The van der Waals surface area contributed by atoms with Crippen LogP contribution < -0.4 is 4.90 Å². The van der Waals surface area contributed by atoms with Crippen molar-refractivity contribution < 1.29 is 18.0 Å². The van der Waals surface area contributed by atoms with E-state index in [9.17, 15) is 18.0 Å². The van der Waals surface area contributed by atoms with E-state index in [2.05, 4.69) is 4.98 Å². The fraction of sp³-hybridized carbons (Fsp3) is 0.294. The van der Waals surface area contributed by atoms with Crippen molar-refractivity contribution in [2.45, 2.75) is 6.18 Å². The molecule has 0 aliphatic carbocycles. The lowest BCUT2D eigenvalue weighted by atomic mass is 10.1. The Morgan fingerprint density at radius 2 is 1.80 bits per heavy atom. The molecule has 2 aromatic rings. The Labute approximate surface area is 147 Å².